The van der Waals surface area contributed by atoms with Gasteiger partial charge in [0.25, 0.3) is 0 Å². The standard InChI is InChI=1S/C16H21NO5/c1-4-17-14(18)8-6-11(16(19)20)15(17)10-5-7-12(21-2)13(9-10)22-3/h5,7,9,11,15H,4,6,8H2,1-3H3,(H,19,20)/p-1/t11-,15+/m0/s1. The molecule has 0 N–H and O–H groups in total. The fourth-order valence-electron chi connectivity index (χ4n) is 3.02. The monoisotopic (exact) mass is 306 g/mol. The van der Waals surface area contributed by atoms with Gasteiger partial charge in [0, 0.05) is 24.9 Å². The van der Waals surface area contributed by atoms with Crippen LogP contribution in [0.3, 0.4) is 0 Å². The Morgan fingerprint density at radius 2 is 2.00 bits per heavy atom. The fraction of sp³-hybridized carbons (Fsp3) is 0.500. The summed E-state index contributed by atoms with van der Waals surface area (Å²) in [7, 11) is 3.05. The molecule has 0 aliphatic carbocycles. The molecule has 1 saturated heterocycles. The van der Waals surface area contributed by atoms with Crippen molar-refractivity contribution in [1.82, 2.24) is 4.90 Å². The summed E-state index contributed by atoms with van der Waals surface area (Å²) in [6, 6.07) is 4.66. The van der Waals surface area contributed by atoms with Gasteiger partial charge in [-0.05, 0) is 31.0 Å². The average molecular weight is 306 g/mol. The fourth-order valence-corrected chi connectivity index (χ4v) is 3.02. The highest BCUT2D eigenvalue weighted by atomic mass is 16.5. The molecule has 2 rings (SSSR count). The number of benzene rings is 1. The second-order valence-corrected chi connectivity index (χ2v) is 5.20. The van der Waals surface area contributed by atoms with Gasteiger partial charge in [0.05, 0.1) is 20.3 Å². The smallest absolute Gasteiger partial charge is 0.223 e. The molecule has 0 bridgehead atoms. The molecule has 6 heteroatoms. The summed E-state index contributed by atoms with van der Waals surface area (Å²) in [6.07, 6.45) is 0.521. The van der Waals surface area contributed by atoms with Crippen molar-refractivity contribution >= 4 is 11.9 Å². The average Bonchev–Trinajstić information content (AvgIpc) is 2.53. The maximum atomic E-state index is 12.1. The number of aliphatic carboxylic acids is 1. The molecular weight excluding hydrogens is 286 g/mol. The van der Waals surface area contributed by atoms with Crippen LogP contribution in [-0.2, 0) is 9.59 Å². The number of carbonyl (C=O) groups excluding carboxylic acids is 2. The third-order valence-electron chi connectivity index (χ3n) is 4.10. The van der Waals surface area contributed by atoms with Crippen LogP contribution < -0.4 is 14.6 Å². The second kappa shape index (κ2) is 6.68. The molecule has 22 heavy (non-hydrogen) atoms. The summed E-state index contributed by atoms with van der Waals surface area (Å²) < 4.78 is 10.5. The van der Waals surface area contributed by atoms with E-state index in [9.17, 15) is 14.7 Å². The number of carboxylic acid groups (broad SMARTS) is 1. The summed E-state index contributed by atoms with van der Waals surface area (Å²) in [5, 5.41) is 11.5. The number of rotatable bonds is 5. The number of likely N-dealkylation sites (tertiary alicyclic amines) is 1. The molecule has 0 unspecified atom stereocenters. The number of hydrogen-bond donors (Lipinski definition) is 0. The first-order valence-electron chi connectivity index (χ1n) is 7.25. The summed E-state index contributed by atoms with van der Waals surface area (Å²) in [4.78, 5) is 25.2. The van der Waals surface area contributed by atoms with Gasteiger partial charge in [0.1, 0.15) is 0 Å². The Bertz CT molecular complexity index is 570. The number of methoxy groups -OCH3 is 2. The van der Waals surface area contributed by atoms with Crippen molar-refractivity contribution in [3.63, 3.8) is 0 Å². The van der Waals surface area contributed by atoms with Crippen LogP contribution in [-0.4, -0.2) is 37.5 Å². The summed E-state index contributed by atoms with van der Waals surface area (Å²) in [6.45, 7) is 2.28. The van der Waals surface area contributed by atoms with Crippen molar-refractivity contribution in [3.05, 3.63) is 23.8 Å². The first kappa shape index (κ1) is 16.1. The third-order valence-corrected chi connectivity index (χ3v) is 4.10. The molecule has 1 aliphatic rings. The number of hydrogen-bond acceptors (Lipinski definition) is 5. The van der Waals surface area contributed by atoms with Crippen molar-refractivity contribution in [2.24, 2.45) is 5.92 Å². The Balaban J connectivity index is 2.47. The molecule has 6 nitrogen and oxygen atoms in total. The van der Waals surface area contributed by atoms with Gasteiger partial charge >= 0.3 is 0 Å². The van der Waals surface area contributed by atoms with E-state index < -0.39 is 17.9 Å². The minimum Gasteiger partial charge on any atom is -0.550 e. The van der Waals surface area contributed by atoms with E-state index in [2.05, 4.69) is 0 Å². The van der Waals surface area contributed by atoms with Gasteiger partial charge < -0.3 is 24.3 Å². The number of amides is 1. The lowest BCUT2D eigenvalue weighted by molar-refractivity contribution is -0.314. The van der Waals surface area contributed by atoms with Gasteiger partial charge in [0.15, 0.2) is 11.5 Å². The second-order valence-electron chi connectivity index (χ2n) is 5.20. The number of nitrogens with zero attached hydrogens (tertiary/aromatic N) is 1. The Labute approximate surface area is 129 Å². The zero-order valence-corrected chi connectivity index (χ0v) is 13.0. The Hall–Kier alpha value is -2.24. The number of carbonyl (C=O) groups is 2. The van der Waals surface area contributed by atoms with Crippen LogP contribution in [0.2, 0.25) is 0 Å². The topological polar surface area (TPSA) is 78.9 Å². The molecular formula is C16H20NO5-. The van der Waals surface area contributed by atoms with Crippen LogP contribution >= 0.6 is 0 Å². The molecule has 1 amide bonds. The molecule has 1 aromatic rings. The van der Waals surface area contributed by atoms with Crippen LogP contribution in [0, 0.1) is 5.92 Å². The summed E-state index contributed by atoms with van der Waals surface area (Å²) in [5.41, 5.74) is 0.710. The lowest BCUT2D eigenvalue weighted by atomic mass is 9.84. The van der Waals surface area contributed by atoms with Crippen LogP contribution in [0.25, 0.3) is 0 Å². The zero-order valence-electron chi connectivity index (χ0n) is 13.0. The van der Waals surface area contributed by atoms with Crippen molar-refractivity contribution in [3.8, 4) is 11.5 Å². The van der Waals surface area contributed by atoms with Crippen molar-refractivity contribution in [2.45, 2.75) is 25.8 Å². The Kier molecular flexibility index (Phi) is 4.90. The maximum Gasteiger partial charge on any atom is 0.223 e. The predicted molar refractivity (Wildman–Crippen MR) is 77.4 cm³/mol. The van der Waals surface area contributed by atoms with Crippen LogP contribution in [0.5, 0.6) is 11.5 Å². The lowest BCUT2D eigenvalue weighted by Gasteiger charge is -2.41. The van der Waals surface area contributed by atoms with Gasteiger partial charge in [-0.2, -0.15) is 0 Å². The third kappa shape index (κ3) is 2.86. The first-order chi connectivity index (χ1) is 10.5. The predicted octanol–water partition coefficient (Wildman–Crippen LogP) is 0.753. The van der Waals surface area contributed by atoms with Gasteiger partial charge in [-0.1, -0.05) is 6.07 Å². The molecule has 0 radical (unpaired) electrons. The van der Waals surface area contributed by atoms with Crippen molar-refractivity contribution in [1.29, 1.82) is 0 Å². The van der Waals surface area contributed by atoms with Crippen molar-refractivity contribution < 1.29 is 24.2 Å². The molecule has 1 aliphatic heterocycles. The highest BCUT2D eigenvalue weighted by Crippen LogP contribution is 2.39. The highest BCUT2D eigenvalue weighted by Gasteiger charge is 2.37. The molecule has 1 aromatic carbocycles. The highest BCUT2D eigenvalue weighted by molar-refractivity contribution is 5.81. The molecule has 1 fully saturated rings. The Morgan fingerprint density at radius 1 is 1.32 bits per heavy atom. The van der Waals surface area contributed by atoms with E-state index >= 15 is 0 Å². The number of piperidine rings is 1. The first-order valence-corrected chi connectivity index (χ1v) is 7.25. The van der Waals surface area contributed by atoms with Crippen LogP contribution in [0.15, 0.2) is 18.2 Å². The van der Waals surface area contributed by atoms with Gasteiger partial charge in [0.2, 0.25) is 5.91 Å². The summed E-state index contributed by atoms with van der Waals surface area (Å²) >= 11 is 0. The molecule has 2 atom stereocenters. The van der Waals surface area contributed by atoms with E-state index in [1.54, 1.807) is 23.1 Å². The minimum atomic E-state index is -1.13. The molecule has 120 valence electrons. The van der Waals surface area contributed by atoms with Crippen molar-refractivity contribution in [2.75, 3.05) is 20.8 Å². The van der Waals surface area contributed by atoms with Gasteiger partial charge in [-0.3, -0.25) is 4.79 Å². The zero-order chi connectivity index (χ0) is 16.3. The van der Waals surface area contributed by atoms with E-state index in [4.69, 9.17) is 9.47 Å². The van der Waals surface area contributed by atoms with E-state index in [-0.39, 0.29) is 18.7 Å². The molecule has 1 heterocycles. The normalized spacial score (nSPS) is 21.6. The van der Waals surface area contributed by atoms with Gasteiger partial charge in [-0.15, -0.1) is 0 Å². The van der Waals surface area contributed by atoms with Crippen LogP contribution in [0.1, 0.15) is 31.4 Å². The molecule has 0 aromatic heterocycles. The van der Waals surface area contributed by atoms with Gasteiger partial charge in [-0.25, -0.2) is 0 Å². The minimum absolute atomic E-state index is 0.0419. The SMILES string of the molecule is CCN1C(=O)CC[C@H](C(=O)[O-])[C@H]1c1ccc(OC)c(OC)c1. The van der Waals surface area contributed by atoms with Crippen LogP contribution in [0.4, 0.5) is 0 Å². The Morgan fingerprint density at radius 3 is 2.55 bits per heavy atom. The maximum absolute atomic E-state index is 12.1. The summed E-state index contributed by atoms with van der Waals surface area (Å²) in [5.74, 6) is -0.839. The van der Waals surface area contributed by atoms with E-state index in [0.29, 0.717) is 23.6 Å². The van der Waals surface area contributed by atoms with E-state index in [0.717, 1.165) is 0 Å². The number of ether oxygens (including phenoxy) is 2. The van der Waals surface area contributed by atoms with E-state index in [1.807, 2.05) is 6.92 Å². The molecule has 0 saturated carbocycles. The number of carboxylic acids is 1. The lowest BCUT2D eigenvalue weighted by Crippen LogP contribution is -2.48. The quantitative estimate of drug-likeness (QED) is 0.802. The largest absolute Gasteiger partial charge is 0.550 e. The van der Waals surface area contributed by atoms with E-state index in [1.165, 1.54) is 14.2 Å². The molecule has 0 spiro atoms.